The molecule has 0 aliphatic heterocycles. The van der Waals surface area contributed by atoms with Gasteiger partial charge >= 0.3 is 12.3 Å². The van der Waals surface area contributed by atoms with Crippen molar-refractivity contribution in [1.29, 1.82) is 5.39 Å². The van der Waals surface area contributed by atoms with Gasteiger partial charge < -0.3 is 15.2 Å². The average molecular weight is 256 g/mol. The van der Waals surface area contributed by atoms with Crippen molar-refractivity contribution in [2.75, 3.05) is 0 Å². The molecule has 0 saturated carbocycles. The average Bonchev–Trinajstić information content (AvgIpc) is 2.13. The van der Waals surface area contributed by atoms with E-state index in [9.17, 15) is 9.90 Å². The van der Waals surface area contributed by atoms with Crippen molar-refractivity contribution in [3.63, 3.8) is 0 Å². The maximum Gasteiger partial charge on any atom is 0.407 e. The Morgan fingerprint density at radius 3 is 2.44 bits per heavy atom. The van der Waals surface area contributed by atoms with Crippen LogP contribution in [0.2, 0.25) is 0 Å². The summed E-state index contributed by atoms with van der Waals surface area (Å²) < 4.78 is 5.14. The van der Waals surface area contributed by atoms with Crippen LogP contribution in [0.25, 0.3) is 4.98 Å². The normalized spacial score (nSPS) is 13.9. The lowest BCUT2D eigenvalue weighted by Gasteiger charge is -2.25. The SMILES string of the molecule is CC(C)[C@@H](C/C(O)=C/[N+]#N)NC(=O)OC(C)(C)C. The van der Waals surface area contributed by atoms with Crippen molar-refractivity contribution in [2.45, 2.75) is 52.7 Å². The molecular weight excluding hydrogens is 234 g/mol. The summed E-state index contributed by atoms with van der Waals surface area (Å²) in [7, 11) is 0. The second-order valence-corrected chi connectivity index (χ2v) is 5.44. The molecule has 0 aliphatic carbocycles. The monoisotopic (exact) mass is 256 g/mol. The molecule has 0 heterocycles. The van der Waals surface area contributed by atoms with Crippen LogP contribution in [0.15, 0.2) is 12.0 Å². The zero-order valence-corrected chi connectivity index (χ0v) is 11.6. The van der Waals surface area contributed by atoms with E-state index < -0.39 is 11.7 Å². The topological polar surface area (TPSA) is 86.7 Å². The number of aliphatic hydroxyl groups is 1. The number of nitrogens with one attached hydrogen (secondary N) is 1. The minimum absolute atomic E-state index is 0.103. The van der Waals surface area contributed by atoms with Crippen LogP contribution in [0.3, 0.4) is 0 Å². The quantitative estimate of drug-likeness (QED) is 0.597. The molecule has 0 bridgehead atoms. The molecule has 102 valence electrons. The van der Waals surface area contributed by atoms with Crippen molar-refractivity contribution in [3.05, 3.63) is 16.9 Å². The highest BCUT2D eigenvalue weighted by Crippen LogP contribution is 2.13. The fourth-order valence-electron chi connectivity index (χ4n) is 1.26. The smallest absolute Gasteiger partial charge is 0.407 e. The van der Waals surface area contributed by atoms with Gasteiger partial charge in [0, 0.05) is 12.5 Å². The van der Waals surface area contributed by atoms with Crippen molar-refractivity contribution in [1.82, 2.24) is 5.32 Å². The molecule has 1 atom stereocenters. The van der Waals surface area contributed by atoms with Crippen molar-refractivity contribution >= 4 is 6.09 Å². The van der Waals surface area contributed by atoms with Gasteiger partial charge in [-0.25, -0.2) is 4.79 Å². The van der Waals surface area contributed by atoms with Gasteiger partial charge in [-0.05, 0) is 26.7 Å². The molecular formula is C12H22N3O3+. The molecule has 1 amide bonds. The van der Waals surface area contributed by atoms with Gasteiger partial charge in [0.05, 0.1) is 0 Å². The van der Waals surface area contributed by atoms with Gasteiger partial charge in [-0.15, -0.1) is 0 Å². The predicted molar refractivity (Wildman–Crippen MR) is 68.4 cm³/mol. The van der Waals surface area contributed by atoms with Crippen LogP contribution in [0.5, 0.6) is 0 Å². The number of nitrogens with zero attached hydrogens (tertiary/aromatic N) is 2. The molecule has 0 radical (unpaired) electrons. The summed E-state index contributed by atoms with van der Waals surface area (Å²) in [6, 6.07) is -0.294. The summed E-state index contributed by atoms with van der Waals surface area (Å²) in [5.41, 5.74) is -0.566. The third-order valence-corrected chi connectivity index (χ3v) is 2.14. The Morgan fingerprint density at radius 2 is 2.06 bits per heavy atom. The van der Waals surface area contributed by atoms with E-state index in [1.54, 1.807) is 20.8 Å². The van der Waals surface area contributed by atoms with E-state index in [0.29, 0.717) is 0 Å². The van der Waals surface area contributed by atoms with Crippen LogP contribution in [-0.4, -0.2) is 22.8 Å². The first kappa shape index (κ1) is 16.2. The van der Waals surface area contributed by atoms with Crippen LogP contribution >= 0.6 is 0 Å². The van der Waals surface area contributed by atoms with Crippen LogP contribution in [0.1, 0.15) is 41.0 Å². The molecule has 2 N–H and O–H groups in total. The number of ether oxygens (including phenoxy) is 1. The van der Waals surface area contributed by atoms with Crippen LogP contribution in [-0.2, 0) is 4.74 Å². The summed E-state index contributed by atoms with van der Waals surface area (Å²) in [4.78, 5) is 14.3. The number of aliphatic hydroxyl groups excluding tert-OH is 1. The Labute approximate surface area is 108 Å². The summed E-state index contributed by atoms with van der Waals surface area (Å²) >= 11 is 0. The summed E-state index contributed by atoms with van der Waals surface area (Å²) in [6.45, 7) is 9.15. The highest BCUT2D eigenvalue weighted by molar-refractivity contribution is 5.68. The molecule has 0 saturated heterocycles. The first-order valence-corrected chi connectivity index (χ1v) is 5.87. The van der Waals surface area contributed by atoms with Gasteiger partial charge in [-0.3, -0.25) is 0 Å². The second-order valence-electron chi connectivity index (χ2n) is 5.44. The second kappa shape index (κ2) is 6.84. The lowest BCUT2D eigenvalue weighted by atomic mass is 10.0. The number of diazo groups is 1. The fraction of sp³-hybridized carbons (Fsp3) is 0.750. The number of carbonyl (C=O) groups is 1. The maximum absolute atomic E-state index is 11.6. The van der Waals surface area contributed by atoms with E-state index in [0.717, 1.165) is 6.20 Å². The molecule has 0 aliphatic rings. The molecule has 0 fully saturated rings. The summed E-state index contributed by atoms with van der Waals surface area (Å²) in [5.74, 6) is -0.000908. The standard InChI is InChI=1S/C12H21N3O3/c1-8(2)10(6-9(16)7-14-13)15-11(17)18-12(3,4)5/h7-8,10H,6H2,1-5H3,(H-,15,16,17)/p+1/b9-7-/t10-/m1/s1. The van der Waals surface area contributed by atoms with Crippen molar-refractivity contribution in [3.8, 4) is 0 Å². The molecule has 6 heteroatoms. The first-order valence-electron chi connectivity index (χ1n) is 5.87. The van der Waals surface area contributed by atoms with E-state index in [-0.39, 0.29) is 24.1 Å². The van der Waals surface area contributed by atoms with Crippen LogP contribution in [0, 0.1) is 11.3 Å². The van der Waals surface area contributed by atoms with Gasteiger partial charge in [0.25, 0.3) is 0 Å². The Balaban J connectivity index is 4.52. The van der Waals surface area contributed by atoms with Crippen molar-refractivity contribution < 1.29 is 14.6 Å². The number of alkyl carbamates (subject to hydrolysis) is 1. The first-order chi connectivity index (χ1) is 8.15. The highest BCUT2D eigenvalue weighted by atomic mass is 16.6. The van der Waals surface area contributed by atoms with E-state index in [2.05, 4.69) is 10.3 Å². The number of carbonyl (C=O) groups excluding carboxylic acids is 1. The zero-order valence-electron chi connectivity index (χ0n) is 11.6. The minimum Gasteiger partial charge on any atom is -0.505 e. The van der Waals surface area contributed by atoms with Gasteiger partial charge in [-0.1, -0.05) is 13.8 Å². The zero-order chi connectivity index (χ0) is 14.3. The third-order valence-electron chi connectivity index (χ3n) is 2.14. The maximum atomic E-state index is 11.6. The van der Waals surface area contributed by atoms with Crippen LogP contribution < -0.4 is 5.32 Å². The predicted octanol–water partition coefficient (Wildman–Crippen LogP) is 3.18. The van der Waals surface area contributed by atoms with Crippen molar-refractivity contribution in [2.24, 2.45) is 5.92 Å². The Hall–Kier alpha value is -1.77. The van der Waals surface area contributed by atoms with Crippen LogP contribution in [0.4, 0.5) is 4.79 Å². The number of hydrogen-bond donors (Lipinski definition) is 2. The Morgan fingerprint density at radius 1 is 1.50 bits per heavy atom. The van der Waals surface area contributed by atoms with Gasteiger partial charge in [-0.2, -0.15) is 0 Å². The summed E-state index contributed by atoms with van der Waals surface area (Å²) in [5, 5.41) is 20.4. The lowest BCUT2D eigenvalue weighted by molar-refractivity contribution is 0.0487. The molecule has 0 aromatic heterocycles. The minimum atomic E-state index is -0.566. The third kappa shape index (κ3) is 7.49. The van der Waals surface area contributed by atoms with E-state index in [4.69, 9.17) is 10.1 Å². The van der Waals surface area contributed by atoms with E-state index in [1.807, 2.05) is 13.8 Å². The van der Waals surface area contributed by atoms with Gasteiger partial charge in [0.2, 0.25) is 5.39 Å². The lowest BCUT2D eigenvalue weighted by Crippen LogP contribution is -2.42. The molecule has 0 aromatic carbocycles. The van der Waals surface area contributed by atoms with E-state index >= 15 is 0 Å². The molecule has 0 spiro atoms. The fourth-order valence-corrected chi connectivity index (χ4v) is 1.26. The molecule has 0 aromatic rings. The van der Waals surface area contributed by atoms with E-state index in [1.165, 1.54) is 0 Å². The number of rotatable bonds is 4. The Bertz CT molecular complexity index is 351. The Kier molecular flexibility index (Phi) is 6.17. The molecule has 18 heavy (non-hydrogen) atoms. The number of hydrogen-bond acceptors (Lipinski definition) is 4. The van der Waals surface area contributed by atoms with Gasteiger partial charge in [0.15, 0.2) is 10.7 Å². The highest BCUT2D eigenvalue weighted by Gasteiger charge is 2.23. The molecule has 6 nitrogen and oxygen atoms in total. The molecule has 0 unspecified atom stereocenters. The van der Waals surface area contributed by atoms with Gasteiger partial charge in [0.1, 0.15) is 5.60 Å². The summed E-state index contributed by atoms with van der Waals surface area (Å²) in [6.07, 6.45) is 0.586. The number of amides is 1. The largest absolute Gasteiger partial charge is 0.505 e. The molecule has 0 rings (SSSR count).